The van der Waals surface area contributed by atoms with Gasteiger partial charge in [0.2, 0.25) is 0 Å². The molecule has 82 valence electrons. The maximum Gasteiger partial charge on any atom is -0.00131 e. The Balaban J connectivity index is 2.05. The average Bonchev–Trinajstić information content (AvgIpc) is 2.89. The fraction of sp³-hybridized carbons (Fsp3) is 0.176. The molecule has 4 rings (SSSR count). The van der Waals surface area contributed by atoms with E-state index >= 15 is 0 Å². The van der Waals surface area contributed by atoms with Crippen LogP contribution in [-0.2, 0) is 12.8 Å². The number of aryl methyl sites for hydroxylation is 1. The predicted molar refractivity (Wildman–Crippen MR) is 72.2 cm³/mol. The number of allylic oxidation sites excluding steroid dienone is 1. The molecule has 17 heavy (non-hydrogen) atoms. The Morgan fingerprint density at radius 3 is 2.76 bits per heavy atom. The molecule has 0 saturated carbocycles. The summed E-state index contributed by atoms with van der Waals surface area (Å²) in [5, 5.41) is 0. The van der Waals surface area contributed by atoms with Crippen molar-refractivity contribution >= 4 is 6.08 Å². The molecule has 0 heterocycles. The van der Waals surface area contributed by atoms with Gasteiger partial charge in [-0.25, -0.2) is 0 Å². The van der Waals surface area contributed by atoms with Crippen LogP contribution >= 0.6 is 0 Å². The summed E-state index contributed by atoms with van der Waals surface area (Å²) >= 11 is 0. The van der Waals surface area contributed by atoms with Gasteiger partial charge in [-0.05, 0) is 53.1 Å². The molecule has 0 aromatic heterocycles. The minimum atomic E-state index is 1.10. The Kier molecular flexibility index (Phi) is 1.69. The number of hydrogen-bond acceptors (Lipinski definition) is 0. The molecule has 0 bridgehead atoms. The summed E-state index contributed by atoms with van der Waals surface area (Å²) in [5.74, 6) is 0. The van der Waals surface area contributed by atoms with E-state index in [0.717, 1.165) is 12.8 Å². The summed E-state index contributed by atoms with van der Waals surface area (Å²) in [6.45, 7) is 2.17. The second kappa shape index (κ2) is 3.10. The van der Waals surface area contributed by atoms with Gasteiger partial charge in [-0.2, -0.15) is 0 Å². The van der Waals surface area contributed by atoms with Gasteiger partial charge in [0.1, 0.15) is 0 Å². The van der Waals surface area contributed by atoms with E-state index in [2.05, 4.69) is 49.4 Å². The Bertz CT molecular complexity index is 660. The van der Waals surface area contributed by atoms with Crippen molar-refractivity contribution in [3.05, 3.63) is 64.2 Å². The monoisotopic (exact) mass is 218 g/mol. The molecule has 2 aromatic rings. The predicted octanol–water partition coefficient (Wildman–Crippen LogP) is 4.14. The topological polar surface area (TPSA) is 0 Å². The van der Waals surface area contributed by atoms with E-state index in [1.807, 2.05) is 0 Å². The van der Waals surface area contributed by atoms with E-state index in [1.165, 1.54) is 38.9 Å². The molecule has 2 aliphatic carbocycles. The lowest BCUT2D eigenvalue weighted by Crippen LogP contribution is -1.88. The van der Waals surface area contributed by atoms with Gasteiger partial charge in [0.25, 0.3) is 0 Å². The molecule has 0 nitrogen and oxygen atoms in total. The number of rotatable bonds is 0. The van der Waals surface area contributed by atoms with Crippen LogP contribution in [0.25, 0.3) is 17.2 Å². The van der Waals surface area contributed by atoms with Crippen LogP contribution in [0.1, 0.15) is 27.8 Å². The molecule has 0 heteroatoms. The Morgan fingerprint density at radius 2 is 1.82 bits per heavy atom. The second-order valence-corrected chi connectivity index (χ2v) is 5.12. The summed E-state index contributed by atoms with van der Waals surface area (Å²) in [6, 6.07) is 11.5. The summed E-state index contributed by atoms with van der Waals surface area (Å²) in [7, 11) is 0. The Labute approximate surface area is 102 Å². The van der Waals surface area contributed by atoms with Crippen molar-refractivity contribution in [2.75, 3.05) is 0 Å². The first kappa shape index (κ1) is 9.23. The van der Waals surface area contributed by atoms with E-state index in [1.54, 1.807) is 0 Å². The van der Waals surface area contributed by atoms with Crippen molar-refractivity contribution in [3.63, 3.8) is 0 Å². The lowest BCUT2D eigenvalue weighted by Gasteiger charge is -2.08. The quantitative estimate of drug-likeness (QED) is 0.532. The molecule has 2 aromatic carbocycles. The molecule has 0 amide bonds. The van der Waals surface area contributed by atoms with E-state index < -0.39 is 0 Å². The fourth-order valence-corrected chi connectivity index (χ4v) is 3.16. The molecule has 0 saturated heterocycles. The smallest absolute Gasteiger partial charge is 0.00131 e. The third kappa shape index (κ3) is 1.18. The van der Waals surface area contributed by atoms with Crippen molar-refractivity contribution < 1.29 is 0 Å². The molecule has 0 fully saturated rings. The van der Waals surface area contributed by atoms with Gasteiger partial charge in [0.15, 0.2) is 0 Å². The highest BCUT2D eigenvalue weighted by atomic mass is 14.3. The van der Waals surface area contributed by atoms with Crippen LogP contribution in [0.4, 0.5) is 0 Å². The average molecular weight is 218 g/mol. The third-order valence-corrected chi connectivity index (χ3v) is 3.96. The summed E-state index contributed by atoms with van der Waals surface area (Å²) < 4.78 is 0. The molecule has 0 N–H and O–H groups in total. The van der Waals surface area contributed by atoms with Crippen LogP contribution in [0.3, 0.4) is 0 Å². The van der Waals surface area contributed by atoms with Gasteiger partial charge >= 0.3 is 0 Å². The van der Waals surface area contributed by atoms with Crippen LogP contribution in [-0.4, -0.2) is 0 Å². The Hall–Kier alpha value is -1.82. The molecule has 0 radical (unpaired) electrons. The van der Waals surface area contributed by atoms with Crippen molar-refractivity contribution in [2.24, 2.45) is 0 Å². The first-order chi connectivity index (χ1) is 8.33. The van der Waals surface area contributed by atoms with Crippen LogP contribution in [0.5, 0.6) is 0 Å². The standard InChI is InChI=1S/C17H14/c1-11-5-8-16-14(9-11)10-13-7-6-12-3-2-4-15(12)17(13)16/h2,4-9H,3,10H2,1H3. The SMILES string of the molecule is Cc1ccc2c(c1)Cc1ccc3c(c1-2)C=CC3. The van der Waals surface area contributed by atoms with E-state index in [0.29, 0.717) is 0 Å². The Morgan fingerprint density at radius 1 is 0.941 bits per heavy atom. The lowest BCUT2D eigenvalue weighted by molar-refractivity contribution is 1.23. The van der Waals surface area contributed by atoms with Gasteiger partial charge < -0.3 is 0 Å². The van der Waals surface area contributed by atoms with Crippen molar-refractivity contribution in [3.8, 4) is 11.1 Å². The first-order valence-electron chi connectivity index (χ1n) is 6.24. The van der Waals surface area contributed by atoms with Gasteiger partial charge in [-0.3, -0.25) is 0 Å². The van der Waals surface area contributed by atoms with Gasteiger partial charge in [-0.1, -0.05) is 48.0 Å². The van der Waals surface area contributed by atoms with E-state index in [-0.39, 0.29) is 0 Å². The highest BCUT2D eigenvalue weighted by Gasteiger charge is 2.23. The lowest BCUT2D eigenvalue weighted by atomic mass is 9.96. The molecule has 0 aliphatic heterocycles. The molecule has 0 spiro atoms. The first-order valence-corrected chi connectivity index (χ1v) is 6.24. The molecule has 2 aliphatic rings. The van der Waals surface area contributed by atoms with Crippen LogP contribution in [0, 0.1) is 6.92 Å². The molecule has 0 atom stereocenters. The largest absolute Gasteiger partial charge is 0.0795 e. The van der Waals surface area contributed by atoms with E-state index in [9.17, 15) is 0 Å². The van der Waals surface area contributed by atoms with Gasteiger partial charge in [0, 0.05) is 0 Å². The van der Waals surface area contributed by atoms with Gasteiger partial charge in [0.05, 0.1) is 0 Å². The van der Waals surface area contributed by atoms with Crippen LogP contribution in [0.2, 0.25) is 0 Å². The molecule has 0 unspecified atom stereocenters. The minimum absolute atomic E-state index is 1.10. The summed E-state index contributed by atoms with van der Waals surface area (Å²) in [6.07, 6.45) is 6.78. The van der Waals surface area contributed by atoms with Gasteiger partial charge in [-0.15, -0.1) is 0 Å². The summed E-state index contributed by atoms with van der Waals surface area (Å²) in [5.41, 5.74) is 10.2. The highest BCUT2D eigenvalue weighted by molar-refractivity contribution is 5.87. The maximum absolute atomic E-state index is 2.33. The third-order valence-electron chi connectivity index (χ3n) is 3.96. The van der Waals surface area contributed by atoms with Crippen LogP contribution < -0.4 is 0 Å². The van der Waals surface area contributed by atoms with Crippen molar-refractivity contribution in [1.82, 2.24) is 0 Å². The summed E-state index contributed by atoms with van der Waals surface area (Å²) in [4.78, 5) is 0. The zero-order chi connectivity index (χ0) is 11.4. The van der Waals surface area contributed by atoms with Crippen LogP contribution in [0.15, 0.2) is 36.4 Å². The number of fused-ring (bicyclic) bond motifs is 5. The number of benzene rings is 2. The normalized spacial score (nSPS) is 14.6. The maximum atomic E-state index is 2.33. The molecular weight excluding hydrogens is 204 g/mol. The minimum Gasteiger partial charge on any atom is -0.0795 e. The highest BCUT2D eigenvalue weighted by Crippen LogP contribution is 2.42. The van der Waals surface area contributed by atoms with Crippen molar-refractivity contribution in [2.45, 2.75) is 19.8 Å². The zero-order valence-corrected chi connectivity index (χ0v) is 9.96. The zero-order valence-electron chi connectivity index (χ0n) is 9.96. The second-order valence-electron chi connectivity index (χ2n) is 5.12. The number of hydrogen-bond donors (Lipinski definition) is 0. The van der Waals surface area contributed by atoms with Crippen molar-refractivity contribution in [1.29, 1.82) is 0 Å². The fourth-order valence-electron chi connectivity index (χ4n) is 3.16. The van der Waals surface area contributed by atoms with E-state index in [4.69, 9.17) is 0 Å². The molecular formula is C17H14.